The lowest BCUT2D eigenvalue weighted by Crippen LogP contribution is -2.55. The molecule has 4 heteroatoms. The number of hydrogen-bond acceptors (Lipinski definition) is 3. The summed E-state index contributed by atoms with van der Waals surface area (Å²) in [6.07, 6.45) is 0. The third kappa shape index (κ3) is 4.60. The van der Waals surface area contributed by atoms with Gasteiger partial charge in [-0.1, -0.05) is 48.5 Å². The summed E-state index contributed by atoms with van der Waals surface area (Å²) in [7, 11) is 0. The molecular formula is C21H26N2O2. The fourth-order valence-corrected chi connectivity index (χ4v) is 3.16. The van der Waals surface area contributed by atoms with Gasteiger partial charge in [-0.15, -0.1) is 0 Å². The van der Waals surface area contributed by atoms with Crippen LogP contribution in [0.4, 0.5) is 0 Å². The number of hydrogen-bond donors (Lipinski definition) is 0. The smallest absolute Gasteiger partial charge is 0.266 e. The minimum atomic E-state index is -0.858. The van der Waals surface area contributed by atoms with Crippen LogP contribution >= 0.6 is 0 Å². The van der Waals surface area contributed by atoms with E-state index < -0.39 is 5.60 Å². The first-order valence-corrected chi connectivity index (χ1v) is 8.84. The number of carbonyl (C=O) groups is 1. The molecule has 0 radical (unpaired) electrons. The highest BCUT2D eigenvalue weighted by Gasteiger charge is 2.35. The first kappa shape index (κ1) is 17.5. The van der Waals surface area contributed by atoms with Crippen molar-refractivity contribution in [3.63, 3.8) is 0 Å². The van der Waals surface area contributed by atoms with Crippen LogP contribution in [0.1, 0.15) is 19.4 Å². The summed E-state index contributed by atoms with van der Waals surface area (Å²) in [6, 6.07) is 20.0. The Kier molecular flexibility index (Phi) is 5.39. The maximum Gasteiger partial charge on any atom is 0.266 e. The fourth-order valence-electron chi connectivity index (χ4n) is 3.16. The van der Waals surface area contributed by atoms with Crippen molar-refractivity contribution in [3.05, 3.63) is 66.2 Å². The van der Waals surface area contributed by atoms with Gasteiger partial charge in [-0.3, -0.25) is 9.69 Å². The fraction of sp³-hybridized carbons (Fsp3) is 0.381. The molecule has 132 valence electrons. The normalized spacial score (nSPS) is 15.8. The van der Waals surface area contributed by atoms with Crippen LogP contribution in [-0.2, 0) is 11.3 Å². The minimum absolute atomic E-state index is 0.0516. The van der Waals surface area contributed by atoms with Crippen molar-refractivity contribution in [2.24, 2.45) is 0 Å². The zero-order valence-electron chi connectivity index (χ0n) is 15.0. The SMILES string of the molecule is CC(C)(Oc1ccccc1)C(=O)N1CCN(Cc2ccccc2)CC1. The van der Waals surface area contributed by atoms with Crippen LogP contribution in [0.25, 0.3) is 0 Å². The molecule has 0 unspecified atom stereocenters. The van der Waals surface area contributed by atoms with Gasteiger partial charge in [-0.25, -0.2) is 0 Å². The van der Waals surface area contributed by atoms with E-state index in [4.69, 9.17) is 4.74 Å². The Morgan fingerprint density at radius 1 is 0.920 bits per heavy atom. The zero-order chi connectivity index (χ0) is 17.7. The van der Waals surface area contributed by atoms with Crippen LogP contribution in [0, 0.1) is 0 Å². The molecule has 0 bridgehead atoms. The van der Waals surface area contributed by atoms with Crippen molar-refractivity contribution >= 4 is 5.91 Å². The van der Waals surface area contributed by atoms with E-state index in [1.807, 2.05) is 55.1 Å². The molecule has 1 heterocycles. The molecule has 0 N–H and O–H groups in total. The molecule has 1 fully saturated rings. The lowest BCUT2D eigenvalue weighted by atomic mass is 10.1. The van der Waals surface area contributed by atoms with E-state index in [-0.39, 0.29) is 5.91 Å². The third-order valence-electron chi connectivity index (χ3n) is 4.54. The lowest BCUT2D eigenvalue weighted by molar-refractivity contribution is -0.147. The molecule has 2 aromatic rings. The Labute approximate surface area is 150 Å². The number of piperazine rings is 1. The van der Waals surface area contributed by atoms with E-state index in [1.165, 1.54) is 5.56 Å². The van der Waals surface area contributed by atoms with E-state index in [0.717, 1.165) is 38.5 Å². The highest BCUT2D eigenvalue weighted by atomic mass is 16.5. The van der Waals surface area contributed by atoms with Gasteiger partial charge in [0.05, 0.1) is 0 Å². The van der Waals surface area contributed by atoms with Gasteiger partial charge in [0, 0.05) is 32.7 Å². The molecular weight excluding hydrogens is 312 g/mol. The Balaban J connectivity index is 1.54. The van der Waals surface area contributed by atoms with Gasteiger partial charge >= 0.3 is 0 Å². The number of para-hydroxylation sites is 1. The largest absolute Gasteiger partial charge is 0.478 e. The van der Waals surface area contributed by atoms with Crippen molar-refractivity contribution in [1.82, 2.24) is 9.80 Å². The van der Waals surface area contributed by atoms with Crippen LogP contribution in [0.3, 0.4) is 0 Å². The molecule has 25 heavy (non-hydrogen) atoms. The summed E-state index contributed by atoms with van der Waals surface area (Å²) in [4.78, 5) is 17.2. The van der Waals surface area contributed by atoms with Crippen molar-refractivity contribution in [1.29, 1.82) is 0 Å². The Morgan fingerprint density at radius 3 is 2.08 bits per heavy atom. The highest BCUT2D eigenvalue weighted by molar-refractivity contribution is 5.85. The number of benzene rings is 2. The van der Waals surface area contributed by atoms with Crippen LogP contribution in [-0.4, -0.2) is 47.5 Å². The van der Waals surface area contributed by atoms with E-state index in [0.29, 0.717) is 0 Å². The third-order valence-corrected chi connectivity index (χ3v) is 4.54. The molecule has 0 aliphatic carbocycles. The van der Waals surface area contributed by atoms with Gasteiger partial charge in [0.1, 0.15) is 5.75 Å². The van der Waals surface area contributed by atoms with Crippen LogP contribution in [0.5, 0.6) is 5.75 Å². The predicted molar refractivity (Wildman–Crippen MR) is 99.4 cm³/mol. The summed E-state index contributed by atoms with van der Waals surface area (Å²) >= 11 is 0. The molecule has 4 nitrogen and oxygen atoms in total. The molecule has 0 saturated carbocycles. The molecule has 2 aromatic carbocycles. The molecule has 0 aromatic heterocycles. The number of nitrogens with zero attached hydrogens (tertiary/aromatic N) is 2. The first-order chi connectivity index (χ1) is 12.0. The van der Waals surface area contributed by atoms with E-state index >= 15 is 0 Å². The second kappa shape index (κ2) is 7.70. The molecule has 3 rings (SSSR count). The van der Waals surface area contributed by atoms with Crippen LogP contribution in [0.15, 0.2) is 60.7 Å². The molecule has 1 aliphatic heterocycles. The molecule has 1 saturated heterocycles. The molecule has 0 atom stereocenters. The lowest BCUT2D eigenvalue weighted by Gasteiger charge is -2.38. The zero-order valence-corrected chi connectivity index (χ0v) is 15.0. The summed E-state index contributed by atoms with van der Waals surface area (Å²) in [6.45, 7) is 7.90. The molecule has 1 aliphatic rings. The topological polar surface area (TPSA) is 32.8 Å². The van der Waals surface area contributed by atoms with Crippen molar-refractivity contribution in [3.8, 4) is 5.75 Å². The maximum atomic E-state index is 12.9. The van der Waals surface area contributed by atoms with E-state index in [2.05, 4.69) is 29.2 Å². The Bertz CT molecular complexity index is 678. The average Bonchev–Trinajstić information content (AvgIpc) is 2.63. The second-order valence-electron chi connectivity index (χ2n) is 6.98. The number of carbonyl (C=O) groups excluding carboxylic acids is 1. The van der Waals surface area contributed by atoms with Gasteiger partial charge in [0.15, 0.2) is 5.60 Å². The quantitative estimate of drug-likeness (QED) is 0.839. The van der Waals surface area contributed by atoms with Crippen molar-refractivity contribution in [2.75, 3.05) is 26.2 Å². The van der Waals surface area contributed by atoms with Gasteiger partial charge < -0.3 is 9.64 Å². The van der Waals surface area contributed by atoms with Crippen LogP contribution < -0.4 is 4.74 Å². The van der Waals surface area contributed by atoms with Crippen molar-refractivity contribution < 1.29 is 9.53 Å². The number of amides is 1. The summed E-state index contributed by atoms with van der Waals surface area (Å²) < 4.78 is 5.93. The Morgan fingerprint density at radius 2 is 1.48 bits per heavy atom. The summed E-state index contributed by atoms with van der Waals surface area (Å²) in [5.74, 6) is 0.777. The minimum Gasteiger partial charge on any atom is -0.478 e. The Hall–Kier alpha value is -2.33. The summed E-state index contributed by atoms with van der Waals surface area (Å²) in [5, 5.41) is 0. The monoisotopic (exact) mass is 338 g/mol. The highest BCUT2D eigenvalue weighted by Crippen LogP contribution is 2.21. The van der Waals surface area contributed by atoms with Gasteiger partial charge in [0.2, 0.25) is 0 Å². The standard InChI is InChI=1S/C21H26N2O2/c1-21(2,25-19-11-7-4-8-12-19)20(24)23-15-13-22(14-16-23)17-18-9-5-3-6-10-18/h3-12H,13-17H2,1-2H3. The number of ether oxygens (including phenoxy) is 1. The van der Waals surface area contributed by atoms with Gasteiger partial charge in [-0.05, 0) is 31.5 Å². The summed E-state index contributed by atoms with van der Waals surface area (Å²) in [5.41, 5.74) is 0.457. The average molecular weight is 338 g/mol. The van der Waals surface area contributed by atoms with E-state index in [9.17, 15) is 4.79 Å². The van der Waals surface area contributed by atoms with Gasteiger partial charge in [-0.2, -0.15) is 0 Å². The van der Waals surface area contributed by atoms with Crippen LogP contribution in [0.2, 0.25) is 0 Å². The second-order valence-corrected chi connectivity index (χ2v) is 6.98. The molecule has 1 amide bonds. The predicted octanol–water partition coefficient (Wildman–Crippen LogP) is 3.19. The maximum absolute atomic E-state index is 12.9. The van der Waals surface area contributed by atoms with Crippen molar-refractivity contribution in [2.45, 2.75) is 26.0 Å². The number of rotatable bonds is 5. The van der Waals surface area contributed by atoms with E-state index in [1.54, 1.807) is 0 Å². The molecule has 0 spiro atoms. The van der Waals surface area contributed by atoms with Gasteiger partial charge in [0.25, 0.3) is 5.91 Å². The first-order valence-electron chi connectivity index (χ1n) is 8.84.